The van der Waals surface area contributed by atoms with Gasteiger partial charge in [-0.2, -0.15) is 4.31 Å². The number of nitrogens with one attached hydrogen (secondary N) is 1. The Morgan fingerprint density at radius 1 is 1.02 bits per heavy atom. The summed E-state index contributed by atoms with van der Waals surface area (Å²) < 4.78 is 64.1. The second-order valence-corrected chi connectivity index (χ2v) is 16.1. The molecular formula is C33H41N3O9S2. The van der Waals surface area contributed by atoms with Crippen LogP contribution in [0.4, 0.5) is 4.79 Å². The molecule has 12 nitrogen and oxygen atoms in total. The number of benzene rings is 3. The molecule has 1 unspecified atom stereocenters. The summed E-state index contributed by atoms with van der Waals surface area (Å²) in [6.07, 6.45) is -0.132. The van der Waals surface area contributed by atoms with Crippen LogP contribution in [0.5, 0.6) is 5.75 Å². The lowest BCUT2D eigenvalue weighted by Crippen LogP contribution is -2.48. The van der Waals surface area contributed by atoms with E-state index in [1.807, 2.05) is 37.4 Å². The number of carbonyl (C=O) groups is 1. The molecule has 0 radical (unpaired) electrons. The maximum absolute atomic E-state index is 13.6. The van der Waals surface area contributed by atoms with Crippen molar-refractivity contribution >= 4 is 26.0 Å². The molecule has 2 aliphatic heterocycles. The summed E-state index contributed by atoms with van der Waals surface area (Å²) in [5.41, 5.74) is 2.19. The zero-order chi connectivity index (χ0) is 33.8. The molecule has 1 spiro atoms. The van der Waals surface area contributed by atoms with Crippen LogP contribution in [0.1, 0.15) is 24.8 Å². The topological polar surface area (TPSA) is 163 Å². The van der Waals surface area contributed by atoms with Gasteiger partial charge >= 0.3 is 6.09 Å². The van der Waals surface area contributed by atoms with Crippen molar-refractivity contribution in [3.05, 3.63) is 78.4 Å². The van der Waals surface area contributed by atoms with Gasteiger partial charge < -0.3 is 29.9 Å². The average Bonchev–Trinajstić information content (AvgIpc) is 3.45. The molecule has 14 heteroatoms. The first-order valence-corrected chi connectivity index (χ1v) is 18.7. The third-order valence-corrected chi connectivity index (χ3v) is 11.7. The van der Waals surface area contributed by atoms with E-state index < -0.39 is 43.7 Å². The maximum atomic E-state index is 13.6. The maximum Gasteiger partial charge on any atom is 0.407 e. The third kappa shape index (κ3) is 8.31. The van der Waals surface area contributed by atoms with Crippen LogP contribution in [0.2, 0.25) is 0 Å². The van der Waals surface area contributed by atoms with Crippen molar-refractivity contribution in [1.82, 2.24) is 14.5 Å². The van der Waals surface area contributed by atoms with Crippen LogP contribution in [0.15, 0.2) is 82.6 Å². The lowest BCUT2D eigenvalue weighted by molar-refractivity contribution is -0.0319. The lowest BCUT2D eigenvalue weighted by Gasteiger charge is -2.38. The first-order valence-electron chi connectivity index (χ1n) is 15.4. The average molecular weight is 688 g/mol. The first-order chi connectivity index (χ1) is 22.3. The summed E-state index contributed by atoms with van der Waals surface area (Å²) >= 11 is 0. The molecule has 2 heterocycles. The van der Waals surface area contributed by atoms with Gasteiger partial charge in [0.2, 0.25) is 10.0 Å². The number of hydrogen-bond donors (Lipinski definition) is 3. The number of rotatable bonds is 12. The molecule has 2 fully saturated rings. The molecule has 1 amide bonds. The van der Waals surface area contributed by atoms with Crippen molar-refractivity contribution in [2.24, 2.45) is 0 Å². The van der Waals surface area contributed by atoms with Gasteiger partial charge in [-0.05, 0) is 73.3 Å². The monoisotopic (exact) mass is 687 g/mol. The predicted molar refractivity (Wildman–Crippen MR) is 176 cm³/mol. The zero-order valence-corrected chi connectivity index (χ0v) is 28.0. The molecule has 0 saturated carbocycles. The Bertz CT molecular complexity index is 1770. The Hall–Kier alpha value is -3.53. The van der Waals surface area contributed by atoms with E-state index in [0.29, 0.717) is 19.3 Å². The Balaban J connectivity index is 1.17. The van der Waals surface area contributed by atoms with Gasteiger partial charge in [-0.25, -0.2) is 21.6 Å². The number of carboxylic acid groups (broad SMARTS) is 1. The van der Waals surface area contributed by atoms with E-state index in [4.69, 9.17) is 9.47 Å². The van der Waals surface area contributed by atoms with Gasteiger partial charge in [0.1, 0.15) is 18.5 Å². The van der Waals surface area contributed by atoms with Crippen LogP contribution in [0, 0.1) is 0 Å². The van der Waals surface area contributed by atoms with Crippen LogP contribution in [-0.2, 0) is 31.1 Å². The summed E-state index contributed by atoms with van der Waals surface area (Å²) in [6.45, 7) is 0.846. The van der Waals surface area contributed by atoms with Crippen LogP contribution in [0.25, 0.3) is 11.1 Å². The SMILES string of the molecule is CNCc1ccc(-c2cccc(S(=O)(=O)N3CCC4(CC3)CC(N(C[C@H](O)COc3cccc(S(C)(=O)=O)c3)C(=O)O)CO4)c2)cc1. The molecule has 0 bridgehead atoms. The Morgan fingerprint density at radius 3 is 2.36 bits per heavy atom. The second kappa shape index (κ2) is 14.3. The van der Waals surface area contributed by atoms with Crippen molar-refractivity contribution in [3.63, 3.8) is 0 Å². The predicted octanol–water partition coefficient (Wildman–Crippen LogP) is 3.21. The highest BCUT2D eigenvalue weighted by atomic mass is 32.2. The largest absolute Gasteiger partial charge is 0.491 e. The molecule has 3 aromatic rings. The number of sulfonamides is 1. The highest BCUT2D eigenvalue weighted by Gasteiger charge is 2.47. The molecule has 3 N–H and O–H groups in total. The summed E-state index contributed by atoms with van der Waals surface area (Å²) in [4.78, 5) is 13.6. The smallest absolute Gasteiger partial charge is 0.407 e. The highest BCUT2D eigenvalue weighted by molar-refractivity contribution is 7.90. The number of aliphatic hydroxyl groups excluding tert-OH is 1. The lowest BCUT2D eigenvalue weighted by atomic mass is 9.88. The van der Waals surface area contributed by atoms with Gasteiger partial charge in [0.25, 0.3) is 0 Å². The van der Waals surface area contributed by atoms with Gasteiger partial charge in [-0.15, -0.1) is 0 Å². The van der Waals surface area contributed by atoms with Crippen molar-refractivity contribution in [1.29, 1.82) is 0 Å². The normalized spacial score (nSPS) is 19.0. The molecule has 0 aromatic heterocycles. The van der Waals surface area contributed by atoms with E-state index >= 15 is 0 Å². The molecule has 254 valence electrons. The number of hydrogen-bond acceptors (Lipinski definition) is 9. The van der Waals surface area contributed by atoms with Crippen molar-refractivity contribution < 1.29 is 41.3 Å². The summed E-state index contributed by atoms with van der Waals surface area (Å²) in [6, 6.07) is 20.2. The number of amides is 1. The van der Waals surface area contributed by atoms with Gasteiger partial charge in [0.15, 0.2) is 9.84 Å². The minimum atomic E-state index is -3.77. The number of sulfone groups is 1. The fourth-order valence-corrected chi connectivity index (χ4v) is 8.30. The van der Waals surface area contributed by atoms with Crippen LogP contribution in [0.3, 0.4) is 0 Å². The Morgan fingerprint density at radius 2 is 1.70 bits per heavy atom. The second-order valence-electron chi connectivity index (χ2n) is 12.2. The van der Waals surface area contributed by atoms with Crippen molar-refractivity contribution in [3.8, 4) is 16.9 Å². The van der Waals surface area contributed by atoms with E-state index in [-0.39, 0.29) is 48.4 Å². The first kappa shape index (κ1) is 34.8. The summed E-state index contributed by atoms with van der Waals surface area (Å²) in [5, 5.41) is 23.7. The zero-order valence-electron chi connectivity index (χ0n) is 26.4. The van der Waals surface area contributed by atoms with E-state index in [1.54, 1.807) is 24.3 Å². The van der Waals surface area contributed by atoms with Crippen LogP contribution >= 0.6 is 0 Å². The van der Waals surface area contributed by atoms with Crippen LogP contribution < -0.4 is 10.1 Å². The number of aliphatic hydroxyl groups is 1. The number of piperidine rings is 1. The van der Waals surface area contributed by atoms with Gasteiger partial charge in [0, 0.05) is 25.9 Å². The number of ether oxygens (including phenoxy) is 2. The molecular weight excluding hydrogens is 647 g/mol. The number of nitrogens with zero attached hydrogens (tertiary/aromatic N) is 2. The molecule has 3 aromatic carbocycles. The fourth-order valence-electron chi connectivity index (χ4n) is 6.16. The quantitative estimate of drug-likeness (QED) is 0.258. The van der Waals surface area contributed by atoms with E-state index in [0.717, 1.165) is 34.4 Å². The van der Waals surface area contributed by atoms with E-state index in [1.165, 1.54) is 22.5 Å². The van der Waals surface area contributed by atoms with Gasteiger partial charge in [-0.3, -0.25) is 0 Å². The summed E-state index contributed by atoms with van der Waals surface area (Å²) in [7, 11) is -5.33. The third-order valence-electron chi connectivity index (χ3n) is 8.73. The van der Waals surface area contributed by atoms with E-state index in [2.05, 4.69) is 5.32 Å². The van der Waals surface area contributed by atoms with Crippen LogP contribution in [-0.4, -0.2) is 106 Å². The Kier molecular flexibility index (Phi) is 10.6. The fraction of sp³-hybridized carbons (Fsp3) is 0.424. The minimum Gasteiger partial charge on any atom is -0.491 e. The highest BCUT2D eigenvalue weighted by Crippen LogP contribution is 2.39. The molecule has 47 heavy (non-hydrogen) atoms. The van der Waals surface area contributed by atoms with Gasteiger partial charge in [0.05, 0.1) is 34.6 Å². The summed E-state index contributed by atoms with van der Waals surface area (Å²) in [5.74, 6) is 0.240. The Labute approximate surface area is 275 Å². The van der Waals surface area contributed by atoms with Gasteiger partial charge in [-0.1, -0.05) is 42.5 Å². The molecule has 2 saturated heterocycles. The standard InChI is InChI=1S/C33H41N3O9S2/c1-34-20-24-9-11-25(12-10-24)26-5-3-8-31(17-26)47(42,43)35-15-13-33(14-16-35)19-27(22-45-33)36(32(38)39)21-28(37)23-44-29-6-4-7-30(18-29)46(2,40)41/h3-12,17-18,27-28,34,37H,13-16,19-23H2,1-2H3,(H,38,39)/t27?,28-/m0/s1. The van der Waals surface area contributed by atoms with Crippen molar-refractivity contribution in [2.45, 2.75) is 53.3 Å². The minimum absolute atomic E-state index is 0.0727. The van der Waals surface area contributed by atoms with Crippen molar-refractivity contribution in [2.75, 3.05) is 46.2 Å². The molecule has 2 aliphatic rings. The van der Waals surface area contributed by atoms with E-state index in [9.17, 15) is 31.8 Å². The molecule has 2 atom stereocenters. The molecule has 5 rings (SSSR count). The molecule has 0 aliphatic carbocycles.